The van der Waals surface area contributed by atoms with E-state index < -0.39 is 0 Å². The van der Waals surface area contributed by atoms with Crippen LogP contribution in [0.25, 0.3) is 22.3 Å². The number of hydrogen-bond acceptors (Lipinski definition) is 4. The summed E-state index contributed by atoms with van der Waals surface area (Å²) in [5, 5.41) is 9.80. The fourth-order valence-electron chi connectivity index (χ4n) is 3.26. The van der Waals surface area contributed by atoms with E-state index in [4.69, 9.17) is 4.74 Å². The van der Waals surface area contributed by atoms with Crippen molar-refractivity contribution in [1.29, 1.82) is 0 Å². The number of aromatic nitrogens is 3. The monoisotopic (exact) mass is 353 g/mol. The number of benzene rings is 1. The maximum absolute atomic E-state index is 9.80. The van der Waals surface area contributed by atoms with Gasteiger partial charge in [0.15, 0.2) is 5.65 Å². The summed E-state index contributed by atoms with van der Waals surface area (Å²) in [5.41, 5.74) is 4.87. The van der Waals surface area contributed by atoms with Crippen LogP contribution < -0.4 is 4.74 Å². The lowest BCUT2D eigenvalue weighted by molar-refractivity contribution is 0.196. The van der Waals surface area contributed by atoms with Crippen LogP contribution in [0.2, 0.25) is 0 Å². The molecular weight excluding hydrogens is 326 g/mol. The van der Waals surface area contributed by atoms with Crippen molar-refractivity contribution in [3.05, 3.63) is 42.4 Å². The van der Waals surface area contributed by atoms with Gasteiger partial charge in [0.25, 0.3) is 0 Å². The van der Waals surface area contributed by atoms with Crippen LogP contribution in [0.3, 0.4) is 0 Å². The topological polar surface area (TPSA) is 60.2 Å². The first-order chi connectivity index (χ1) is 12.5. The highest BCUT2D eigenvalue weighted by Gasteiger charge is 2.18. The summed E-state index contributed by atoms with van der Waals surface area (Å²) in [6.07, 6.45) is 3.61. The number of nitrogens with zero attached hydrogens (tertiary/aromatic N) is 3. The van der Waals surface area contributed by atoms with E-state index in [1.165, 1.54) is 5.56 Å². The van der Waals surface area contributed by atoms with Crippen LogP contribution in [-0.4, -0.2) is 33.4 Å². The van der Waals surface area contributed by atoms with Crippen molar-refractivity contribution < 1.29 is 9.84 Å². The number of pyridine rings is 1. The van der Waals surface area contributed by atoms with Crippen LogP contribution >= 0.6 is 0 Å². The molecular formula is C21H27N3O2. The molecule has 1 aromatic carbocycles. The third-order valence-electron chi connectivity index (χ3n) is 4.94. The summed E-state index contributed by atoms with van der Waals surface area (Å²) < 4.78 is 7.60. The highest BCUT2D eigenvalue weighted by Crippen LogP contribution is 2.34. The van der Waals surface area contributed by atoms with Gasteiger partial charge in [-0.15, -0.1) is 0 Å². The van der Waals surface area contributed by atoms with E-state index in [2.05, 4.69) is 55.9 Å². The van der Waals surface area contributed by atoms with E-state index in [1.54, 1.807) is 13.4 Å². The van der Waals surface area contributed by atoms with Crippen molar-refractivity contribution in [2.75, 3.05) is 13.7 Å². The smallest absolute Gasteiger partial charge is 0.177 e. The zero-order valence-electron chi connectivity index (χ0n) is 16.1. The van der Waals surface area contributed by atoms with Crippen LogP contribution in [0, 0.1) is 5.92 Å². The van der Waals surface area contributed by atoms with E-state index >= 15 is 0 Å². The first-order valence-corrected chi connectivity index (χ1v) is 9.08. The summed E-state index contributed by atoms with van der Waals surface area (Å²) in [6, 6.07) is 8.34. The van der Waals surface area contributed by atoms with Gasteiger partial charge in [0.2, 0.25) is 0 Å². The van der Waals surface area contributed by atoms with Gasteiger partial charge in [-0.05, 0) is 35.6 Å². The lowest BCUT2D eigenvalue weighted by Gasteiger charge is -2.21. The van der Waals surface area contributed by atoms with Gasteiger partial charge in [0.05, 0.1) is 31.6 Å². The number of fused-ring (bicyclic) bond motifs is 1. The molecule has 1 atom stereocenters. The van der Waals surface area contributed by atoms with Crippen molar-refractivity contribution >= 4 is 11.2 Å². The van der Waals surface area contributed by atoms with Crippen LogP contribution in [-0.2, 0) is 0 Å². The van der Waals surface area contributed by atoms with Gasteiger partial charge in [-0.3, -0.25) is 0 Å². The lowest BCUT2D eigenvalue weighted by Crippen LogP contribution is -2.18. The molecule has 2 heterocycles. The molecule has 0 spiro atoms. The molecule has 0 saturated carbocycles. The Labute approximate surface area is 154 Å². The van der Waals surface area contributed by atoms with E-state index in [0.717, 1.165) is 22.4 Å². The second-order valence-corrected chi connectivity index (χ2v) is 7.33. The zero-order valence-corrected chi connectivity index (χ0v) is 16.1. The van der Waals surface area contributed by atoms with Crippen LogP contribution in [0.4, 0.5) is 0 Å². The van der Waals surface area contributed by atoms with Gasteiger partial charge in [-0.1, -0.05) is 33.8 Å². The number of aliphatic hydroxyl groups is 1. The quantitative estimate of drug-likeness (QED) is 0.713. The van der Waals surface area contributed by atoms with Crippen molar-refractivity contribution in [3.8, 4) is 16.9 Å². The molecule has 138 valence electrons. The highest BCUT2D eigenvalue weighted by molar-refractivity contribution is 5.81. The zero-order chi connectivity index (χ0) is 18.8. The normalized spacial score (nSPS) is 12.9. The van der Waals surface area contributed by atoms with Gasteiger partial charge >= 0.3 is 0 Å². The third kappa shape index (κ3) is 3.31. The van der Waals surface area contributed by atoms with Crippen molar-refractivity contribution in [1.82, 2.24) is 14.5 Å². The van der Waals surface area contributed by atoms with E-state index in [-0.39, 0.29) is 12.6 Å². The number of aliphatic hydroxyl groups excluding tert-OH is 1. The van der Waals surface area contributed by atoms with Crippen LogP contribution in [0.5, 0.6) is 5.75 Å². The molecule has 0 amide bonds. The van der Waals surface area contributed by atoms with Crippen molar-refractivity contribution in [2.45, 2.75) is 39.7 Å². The fourth-order valence-corrected chi connectivity index (χ4v) is 3.26. The molecule has 0 aliphatic heterocycles. The molecule has 26 heavy (non-hydrogen) atoms. The van der Waals surface area contributed by atoms with Gasteiger partial charge in [-0.2, -0.15) is 0 Å². The van der Waals surface area contributed by atoms with Crippen LogP contribution in [0.1, 0.15) is 45.2 Å². The standard InChI is InChI=1S/C21H27N3O2/c1-13(2)15-6-7-20(26-5)17(8-15)16-9-18-21(22-10-16)23-12-24(18)19(11-25)14(3)4/h6-10,12-14,19,25H,11H2,1-5H3/t19-/m0/s1. The summed E-state index contributed by atoms with van der Waals surface area (Å²) in [4.78, 5) is 8.94. The van der Waals surface area contributed by atoms with Gasteiger partial charge in [-0.25, -0.2) is 9.97 Å². The molecule has 5 heteroatoms. The summed E-state index contributed by atoms with van der Waals surface area (Å²) >= 11 is 0. The molecule has 2 aromatic heterocycles. The van der Waals surface area contributed by atoms with E-state index in [1.807, 2.05) is 16.8 Å². The molecule has 5 nitrogen and oxygen atoms in total. The molecule has 3 aromatic rings. The Balaban J connectivity index is 2.16. The molecule has 0 saturated heterocycles. The summed E-state index contributed by atoms with van der Waals surface area (Å²) in [5.74, 6) is 1.55. The number of hydrogen-bond donors (Lipinski definition) is 1. The fraction of sp³-hybridized carbons (Fsp3) is 0.429. The van der Waals surface area contributed by atoms with Gasteiger partial charge in [0.1, 0.15) is 5.75 Å². The second kappa shape index (κ2) is 7.46. The van der Waals surface area contributed by atoms with Crippen molar-refractivity contribution in [2.24, 2.45) is 5.92 Å². The maximum Gasteiger partial charge on any atom is 0.177 e. The molecule has 0 bridgehead atoms. The maximum atomic E-state index is 9.80. The number of methoxy groups -OCH3 is 1. The predicted octanol–water partition coefficient (Wildman–Crippen LogP) is 4.42. The molecule has 3 rings (SSSR count). The molecule has 0 radical (unpaired) electrons. The minimum atomic E-state index is -0.0269. The van der Waals surface area contributed by atoms with Crippen molar-refractivity contribution in [3.63, 3.8) is 0 Å². The van der Waals surface area contributed by atoms with Crippen LogP contribution in [0.15, 0.2) is 36.8 Å². The Bertz CT molecular complexity index is 899. The minimum absolute atomic E-state index is 0.0269. The van der Waals surface area contributed by atoms with Gasteiger partial charge in [0, 0.05) is 17.3 Å². The molecule has 0 aliphatic carbocycles. The molecule has 0 aliphatic rings. The second-order valence-electron chi connectivity index (χ2n) is 7.33. The van der Waals surface area contributed by atoms with E-state index in [9.17, 15) is 5.11 Å². The van der Waals surface area contributed by atoms with E-state index in [0.29, 0.717) is 17.5 Å². The lowest BCUT2D eigenvalue weighted by atomic mass is 9.97. The Kier molecular flexibility index (Phi) is 5.28. The number of rotatable bonds is 6. The Hall–Kier alpha value is -2.40. The highest BCUT2D eigenvalue weighted by atomic mass is 16.5. The Morgan fingerprint density at radius 2 is 1.88 bits per heavy atom. The summed E-state index contributed by atoms with van der Waals surface area (Å²) in [6.45, 7) is 8.62. The average Bonchev–Trinajstić information content (AvgIpc) is 3.04. The molecule has 1 N–H and O–H groups in total. The Morgan fingerprint density at radius 3 is 2.50 bits per heavy atom. The van der Waals surface area contributed by atoms with Gasteiger partial charge < -0.3 is 14.4 Å². The number of ether oxygens (including phenoxy) is 1. The third-order valence-corrected chi connectivity index (χ3v) is 4.94. The summed E-state index contributed by atoms with van der Waals surface area (Å²) in [7, 11) is 1.69. The minimum Gasteiger partial charge on any atom is -0.496 e. The predicted molar refractivity (Wildman–Crippen MR) is 105 cm³/mol. The first kappa shape index (κ1) is 18.4. The Morgan fingerprint density at radius 1 is 1.12 bits per heavy atom. The number of imidazole rings is 1. The molecule has 0 fully saturated rings. The molecule has 0 unspecified atom stereocenters. The largest absolute Gasteiger partial charge is 0.496 e. The SMILES string of the molecule is COc1ccc(C(C)C)cc1-c1cnc2ncn([C@@H](CO)C(C)C)c2c1. The first-order valence-electron chi connectivity index (χ1n) is 9.08. The average molecular weight is 353 g/mol.